The molecule has 118 valence electrons. The molecule has 1 fully saturated rings. The molecule has 0 unspecified atom stereocenters. The first-order valence-electron chi connectivity index (χ1n) is 5.96. The van der Waals surface area contributed by atoms with Gasteiger partial charge in [-0.15, -0.1) is 25.6 Å². The average Bonchev–Trinajstić information content (AvgIpc) is 2.32. The number of nitrogens with one attached hydrogen (secondary N) is 1. The topological polar surface area (TPSA) is 47.6 Å². The standard InChI is InChI=1S/C13H14F3NO3.ClH/c1-12(2)7-19-11(18)17-10(12)8-3-5-9(6-4-8)20-13(14,15)16;/h3-6,10H,7H2,1-2H3,(H,17,18);1H/t10-;/m0./s1. The lowest BCUT2D eigenvalue weighted by Gasteiger charge is -2.38. The van der Waals surface area contributed by atoms with E-state index in [1.165, 1.54) is 24.3 Å². The molecule has 1 N–H and O–H groups in total. The van der Waals surface area contributed by atoms with Crippen molar-refractivity contribution in [2.24, 2.45) is 5.41 Å². The average molecular weight is 326 g/mol. The minimum absolute atomic E-state index is 0. The SMILES string of the molecule is CC1(C)COC(=O)N[C@H]1c1ccc(OC(F)(F)F)cc1.Cl. The maximum Gasteiger partial charge on any atom is 0.573 e. The molecular formula is C13H15ClF3NO3. The quantitative estimate of drug-likeness (QED) is 0.899. The van der Waals surface area contributed by atoms with Gasteiger partial charge in [0, 0.05) is 5.41 Å². The third-order valence-electron chi connectivity index (χ3n) is 3.07. The van der Waals surface area contributed by atoms with Gasteiger partial charge in [0.25, 0.3) is 0 Å². The number of amides is 1. The van der Waals surface area contributed by atoms with E-state index in [4.69, 9.17) is 4.74 Å². The van der Waals surface area contributed by atoms with Gasteiger partial charge in [0.05, 0.1) is 6.04 Å². The van der Waals surface area contributed by atoms with Crippen molar-refractivity contribution < 1.29 is 27.4 Å². The largest absolute Gasteiger partial charge is 0.573 e. The maximum absolute atomic E-state index is 12.1. The molecule has 0 spiro atoms. The highest BCUT2D eigenvalue weighted by molar-refractivity contribution is 5.85. The van der Waals surface area contributed by atoms with Crippen molar-refractivity contribution in [3.05, 3.63) is 29.8 Å². The van der Waals surface area contributed by atoms with Crippen LogP contribution in [0.4, 0.5) is 18.0 Å². The first-order chi connectivity index (χ1) is 9.17. The van der Waals surface area contributed by atoms with Crippen LogP contribution in [-0.4, -0.2) is 19.1 Å². The Morgan fingerprint density at radius 2 is 1.86 bits per heavy atom. The third kappa shape index (κ3) is 4.42. The Bertz CT molecular complexity index is 502. The molecule has 0 saturated carbocycles. The molecule has 0 bridgehead atoms. The number of carbonyl (C=O) groups excluding carboxylic acids is 1. The van der Waals surface area contributed by atoms with Gasteiger partial charge in [0.2, 0.25) is 0 Å². The van der Waals surface area contributed by atoms with E-state index in [1.54, 1.807) is 0 Å². The molecule has 0 radical (unpaired) electrons. The molecule has 1 saturated heterocycles. The second-order valence-corrected chi connectivity index (χ2v) is 5.26. The summed E-state index contributed by atoms with van der Waals surface area (Å²) in [6.07, 6.45) is -5.25. The van der Waals surface area contributed by atoms with Crippen LogP contribution in [0, 0.1) is 5.41 Å². The van der Waals surface area contributed by atoms with Gasteiger partial charge in [0.1, 0.15) is 12.4 Å². The fourth-order valence-corrected chi connectivity index (χ4v) is 2.09. The molecule has 1 aliphatic rings. The van der Waals surface area contributed by atoms with Crippen molar-refractivity contribution in [1.29, 1.82) is 0 Å². The summed E-state index contributed by atoms with van der Waals surface area (Å²) in [6.45, 7) is 4.04. The number of ether oxygens (including phenoxy) is 2. The molecule has 2 rings (SSSR count). The van der Waals surface area contributed by atoms with E-state index in [1.807, 2.05) is 13.8 Å². The van der Waals surface area contributed by atoms with Crippen molar-refractivity contribution in [3.8, 4) is 5.75 Å². The van der Waals surface area contributed by atoms with Gasteiger partial charge in [0.15, 0.2) is 0 Å². The summed E-state index contributed by atoms with van der Waals surface area (Å²) < 4.78 is 44.9. The molecule has 1 amide bonds. The van der Waals surface area contributed by atoms with Crippen LogP contribution in [-0.2, 0) is 4.74 Å². The number of cyclic esters (lactones) is 1. The zero-order valence-corrected chi connectivity index (χ0v) is 12.2. The van der Waals surface area contributed by atoms with Crippen LogP contribution in [0.15, 0.2) is 24.3 Å². The summed E-state index contributed by atoms with van der Waals surface area (Å²) in [7, 11) is 0. The predicted octanol–water partition coefficient (Wildman–Crippen LogP) is 3.81. The Kier molecular flexibility index (Phi) is 4.99. The monoisotopic (exact) mass is 325 g/mol. The highest BCUT2D eigenvalue weighted by Gasteiger charge is 2.38. The maximum atomic E-state index is 12.1. The van der Waals surface area contributed by atoms with Gasteiger partial charge < -0.3 is 14.8 Å². The van der Waals surface area contributed by atoms with E-state index in [2.05, 4.69) is 10.1 Å². The molecule has 0 aliphatic carbocycles. The van der Waals surface area contributed by atoms with Crippen molar-refractivity contribution in [2.75, 3.05) is 6.61 Å². The molecule has 1 atom stereocenters. The van der Waals surface area contributed by atoms with Crippen molar-refractivity contribution in [2.45, 2.75) is 26.3 Å². The van der Waals surface area contributed by atoms with Gasteiger partial charge in [-0.25, -0.2) is 4.79 Å². The number of halogens is 4. The van der Waals surface area contributed by atoms with Crippen LogP contribution in [0.2, 0.25) is 0 Å². The van der Waals surface area contributed by atoms with Gasteiger partial charge >= 0.3 is 12.5 Å². The normalized spacial score (nSPS) is 20.8. The van der Waals surface area contributed by atoms with Crippen molar-refractivity contribution >= 4 is 18.5 Å². The lowest BCUT2D eigenvalue weighted by molar-refractivity contribution is -0.274. The van der Waals surface area contributed by atoms with E-state index in [9.17, 15) is 18.0 Å². The van der Waals surface area contributed by atoms with Gasteiger partial charge in [-0.1, -0.05) is 26.0 Å². The number of hydrogen-bond donors (Lipinski definition) is 1. The number of hydrogen-bond acceptors (Lipinski definition) is 3. The highest BCUT2D eigenvalue weighted by atomic mass is 35.5. The Morgan fingerprint density at radius 3 is 2.38 bits per heavy atom. The lowest BCUT2D eigenvalue weighted by Crippen LogP contribution is -2.46. The first kappa shape index (κ1) is 17.4. The summed E-state index contributed by atoms with van der Waals surface area (Å²) >= 11 is 0. The molecule has 8 heteroatoms. The van der Waals surface area contributed by atoms with Crippen LogP contribution >= 0.6 is 12.4 Å². The van der Waals surface area contributed by atoms with E-state index in [-0.39, 0.29) is 36.2 Å². The van der Waals surface area contributed by atoms with Crippen LogP contribution in [0.5, 0.6) is 5.75 Å². The number of rotatable bonds is 2. The lowest BCUT2D eigenvalue weighted by atomic mass is 9.80. The van der Waals surface area contributed by atoms with E-state index < -0.39 is 12.5 Å². The van der Waals surface area contributed by atoms with Gasteiger partial charge in [-0.05, 0) is 17.7 Å². The van der Waals surface area contributed by atoms with Crippen LogP contribution in [0.25, 0.3) is 0 Å². The molecule has 21 heavy (non-hydrogen) atoms. The van der Waals surface area contributed by atoms with Crippen LogP contribution in [0.3, 0.4) is 0 Å². The molecule has 1 aliphatic heterocycles. The summed E-state index contributed by atoms with van der Waals surface area (Å²) in [4.78, 5) is 11.3. The van der Waals surface area contributed by atoms with Crippen LogP contribution in [0.1, 0.15) is 25.5 Å². The molecule has 0 aromatic heterocycles. The number of benzene rings is 1. The Morgan fingerprint density at radius 1 is 1.29 bits per heavy atom. The summed E-state index contributed by atoms with van der Waals surface area (Å²) in [5.41, 5.74) is 0.335. The highest BCUT2D eigenvalue weighted by Crippen LogP contribution is 2.37. The fraction of sp³-hybridized carbons (Fsp3) is 0.462. The van der Waals surface area contributed by atoms with E-state index in [0.717, 1.165) is 0 Å². The zero-order valence-electron chi connectivity index (χ0n) is 11.4. The second kappa shape index (κ2) is 6.01. The van der Waals surface area contributed by atoms with Gasteiger partial charge in [-0.2, -0.15) is 0 Å². The summed E-state index contributed by atoms with van der Waals surface area (Å²) in [6, 6.07) is 5.11. The predicted molar refractivity (Wildman–Crippen MR) is 71.4 cm³/mol. The molecule has 1 aromatic rings. The number of carbonyl (C=O) groups is 1. The minimum Gasteiger partial charge on any atom is -0.449 e. The fourth-order valence-electron chi connectivity index (χ4n) is 2.09. The van der Waals surface area contributed by atoms with E-state index >= 15 is 0 Å². The zero-order chi connectivity index (χ0) is 15.0. The molecule has 4 nitrogen and oxygen atoms in total. The number of alkyl carbamates (subject to hydrolysis) is 1. The Hall–Kier alpha value is -1.63. The molecular weight excluding hydrogens is 311 g/mol. The Balaban J connectivity index is 0.00000220. The smallest absolute Gasteiger partial charge is 0.449 e. The minimum atomic E-state index is -4.71. The first-order valence-corrected chi connectivity index (χ1v) is 5.96. The number of alkyl halides is 3. The third-order valence-corrected chi connectivity index (χ3v) is 3.07. The van der Waals surface area contributed by atoms with Crippen molar-refractivity contribution in [3.63, 3.8) is 0 Å². The molecule has 1 aromatic carbocycles. The summed E-state index contributed by atoms with van der Waals surface area (Å²) in [5, 5.41) is 2.67. The Labute approximate surface area is 126 Å². The molecule has 1 heterocycles. The second-order valence-electron chi connectivity index (χ2n) is 5.26. The van der Waals surface area contributed by atoms with Gasteiger partial charge in [-0.3, -0.25) is 0 Å². The summed E-state index contributed by atoms with van der Waals surface area (Å²) in [5.74, 6) is -0.294. The van der Waals surface area contributed by atoms with Crippen molar-refractivity contribution in [1.82, 2.24) is 5.32 Å². The van der Waals surface area contributed by atoms with E-state index in [0.29, 0.717) is 5.56 Å². The van der Waals surface area contributed by atoms with Crippen LogP contribution < -0.4 is 10.1 Å².